The van der Waals surface area contributed by atoms with Crippen LogP contribution < -0.4 is 5.32 Å². The van der Waals surface area contributed by atoms with Crippen LogP contribution in [0.2, 0.25) is 0 Å². The van der Waals surface area contributed by atoms with Gasteiger partial charge in [-0.15, -0.1) is 0 Å². The minimum atomic E-state index is -0.524. The van der Waals surface area contributed by atoms with Gasteiger partial charge in [-0.05, 0) is 25.0 Å². The molecule has 23 heavy (non-hydrogen) atoms. The van der Waals surface area contributed by atoms with E-state index >= 15 is 0 Å². The van der Waals surface area contributed by atoms with E-state index < -0.39 is 6.10 Å². The number of carbonyl (C=O) groups is 1. The van der Waals surface area contributed by atoms with Crippen LogP contribution >= 0.6 is 0 Å². The number of hydrogen-bond donors (Lipinski definition) is 1. The molecule has 3 rings (SSSR count). The fourth-order valence-electron chi connectivity index (χ4n) is 2.74. The second kappa shape index (κ2) is 6.02. The lowest BCUT2D eigenvalue weighted by atomic mass is 10.0. The van der Waals surface area contributed by atoms with E-state index in [1.54, 1.807) is 0 Å². The summed E-state index contributed by atoms with van der Waals surface area (Å²) in [5.41, 5.74) is 4.03. The molecule has 1 aliphatic rings. The van der Waals surface area contributed by atoms with Crippen molar-refractivity contribution in [3.63, 3.8) is 0 Å². The van der Waals surface area contributed by atoms with Gasteiger partial charge in [0.15, 0.2) is 0 Å². The molecule has 6 nitrogen and oxygen atoms in total. The van der Waals surface area contributed by atoms with E-state index in [2.05, 4.69) is 27.7 Å². The Morgan fingerprint density at radius 1 is 1.48 bits per heavy atom. The Balaban J connectivity index is 1.67. The van der Waals surface area contributed by atoms with Gasteiger partial charge in [-0.25, -0.2) is 0 Å². The quantitative estimate of drug-likeness (QED) is 0.941. The molecule has 0 bridgehead atoms. The predicted molar refractivity (Wildman–Crippen MR) is 89.1 cm³/mol. The molecule has 1 aromatic heterocycles. The van der Waals surface area contributed by atoms with Crippen molar-refractivity contribution >= 4 is 22.5 Å². The van der Waals surface area contributed by atoms with E-state index in [1.165, 1.54) is 5.56 Å². The molecule has 0 fully saturated rings. The average molecular weight is 314 g/mol. The van der Waals surface area contributed by atoms with Gasteiger partial charge in [-0.2, -0.15) is 5.10 Å². The standard InChI is InChI=1S/C17H22N4O2/c1-10(2)13-8-16(23-20-13)17(22)18-9-14-12-7-11(3)5-6-15(12)21(4)19-14/h5-7,10,16H,8-9H2,1-4H3,(H,18,22)/t16-/m1/s1. The summed E-state index contributed by atoms with van der Waals surface area (Å²) in [6, 6.07) is 6.20. The first-order valence-electron chi connectivity index (χ1n) is 7.88. The monoisotopic (exact) mass is 314 g/mol. The molecule has 2 heterocycles. The minimum Gasteiger partial charge on any atom is -0.382 e. The minimum absolute atomic E-state index is 0.143. The first-order chi connectivity index (χ1) is 11.0. The average Bonchev–Trinajstić information content (AvgIpc) is 3.10. The summed E-state index contributed by atoms with van der Waals surface area (Å²) >= 11 is 0. The molecule has 1 atom stereocenters. The third-order valence-corrected chi connectivity index (χ3v) is 4.16. The second-order valence-corrected chi connectivity index (χ2v) is 6.34. The second-order valence-electron chi connectivity index (χ2n) is 6.34. The lowest BCUT2D eigenvalue weighted by molar-refractivity contribution is -0.131. The molecule has 122 valence electrons. The fourth-order valence-corrected chi connectivity index (χ4v) is 2.74. The Morgan fingerprint density at radius 2 is 2.26 bits per heavy atom. The molecule has 2 aromatic rings. The van der Waals surface area contributed by atoms with E-state index in [-0.39, 0.29) is 5.91 Å². The van der Waals surface area contributed by atoms with Gasteiger partial charge in [-0.3, -0.25) is 9.48 Å². The number of carbonyl (C=O) groups excluding carboxylic acids is 1. The van der Waals surface area contributed by atoms with Crippen molar-refractivity contribution in [3.05, 3.63) is 29.5 Å². The highest BCUT2D eigenvalue weighted by Gasteiger charge is 2.29. The van der Waals surface area contributed by atoms with Crippen LogP contribution in [-0.2, 0) is 23.2 Å². The lowest BCUT2D eigenvalue weighted by Gasteiger charge is -2.09. The number of hydrogen-bond acceptors (Lipinski definition) is 4. The number of nitrogens with one attached hydrogen (secondary N) is 1. The Hall–Kier alpha value is -2.37. The van der Waals surface area contributed by atoms with Crippen molar-refractivity contribution in [3.8, 4) is 0 Å². The van der Waals surface area contributed by atoms with Crippen LogP contribution in [0.15, 0.2) is 23.4 Å². The maximum atomic E-state index is 12.3. The molecule has 1 N–H and O–H groups in total. The molecular formula is C17H22N4O2. The predicted octanol–water partition coefficient (Wildman–Crippen LogP) is 2.30. The maximum Gasteiger partial charge on any atom is 0.264 e. The van der Waals surface area contributed by atoms with Crippen LogP contribution in [-0.4, -0.2) is 27.5 Å². The Kier molecular flexibility index (Phi) is 4.07. The molecule has 1 aromatic carbocycles. The first-order valence-corrected chi connectivity index (χ1v) is 7.88. The van der Waals surface area contributed by atoms with Crippen molar-refractivity contribution in [2.75, 3.05) is 0 Å². The lowest BCUT2D eigenvalue weighted by Crippen LogP contribution is -2.34. The van der Waals surface area contributed by atoms with Crippen LogP contribution in [0.25, 0.3) is 10.9 Å². The van der Waals surface area contributed by atoms with Gasteiger partial charge < -0.3 is 10.2 Å². The van der Waals surface area contributed by atoms with Crippen molar-refractivity contribution in [2.24, 2.45) is 18.1 Å². The molecule has 1 amide bonds. The third-order valence-electron chi connectivity index (χ3n) is 4.16. The molecule has 1 aliphatic heterocycles. The van der Waals surface area contributed by atoms with Gasteiger partial charge in [0.05, 0.1) is 23.5 Å². The highest BCUT2D eigenvalue weighted by Crippen LogP contribution is 2.20. The first kappa shape index (κ1) is 15.5. The van der Waals surface area contributed by atoms with Gasteiger partial charge in [0.2, 0.25) is 6.10 Å². The summed E-state index contributed by atoms with van der Waals surface area (Å²) in [6.07, 6.45) is 0.0371. The molecule has 0 saturated heterocycles. The molecule has 6 heteroatoms. The van der Waals surface area contributed by atoms with Crippen molar-refractivity contribution in [1.29, 1.82) is 0 Å². The summed E-state index contributed by atoms with van der Waals surface area (Å²) < 4.78 is 1.84. The molecule has 0 radical (unpaired) electrons. The number of benzene rings is 1. The normalized spacial score (nSPS) is 17.4. The number of nitrogens with zero attached hydrogens (tertiary/aromatic N) is 3. The van der Waals surface area contributed by atoms with Crippen molar-refractivity contribution in [2.45, 2.75) is 39.8 Å². The van der Waals surface area contributed by atoms with Crippen LogP contribution in [0.3, 0.4) is 0 Å². The van der Waals surface area contributed by atoms with Gasteiger partial charge in [0.25, 0.3) is 5.91 Å². The third kappa shape index (κ3) is 3.06. The molecular weight excluding hydrogens is 292 g/mol. The van der Waals surface area contributed by atoms with E-state index in [1.807, 2.05) is 38.6 Å². The summed E-state index contributed by atoms with van der Waals surface area (Å²) in [6.45, 7) is 6.53. The Morgan fingerprint density at radius 3 is 2.96 bits per heavy atom. The number of aryl methyl sites for hydroxylation is 2. The number of aromatic nitrogens is 2. The molecule has 0 spiro atoms. The van der Waals surface area contributed by atoms with Crippen LogP contribution in [0.4, 0.5) is 0 Å². The summed E-state index contributed by atoms with van der Waals surface area (Å²) in [5.74, 6) is 0.159. The smallest absolute Gasteiger partial charge is 0.264 e. The highest BCUT2D eigenvalue weighted by atomic mass is 16.6. The summed E-state index contributed by atoms with van der Waals surface area (Å²) in [5, 5.41) is 12.5. The SMILES string of the molecule is Cc1ccc2c(c1)c(CNC(=O)[C@H]1CC(C(C)C)=NO1)nn2C. The Labute approximate surface area is 135 Å². The fraction of sp³-hybridized carbons (Fsp3) is 0.471. The van der Waals surface area contributed by atoms with Crippen molar-refractivity contribution in [1.82, 2.24) is 15.1 Å². The number of rotatable bonds is 4. The van der Waals surface area contributed by atoms with Crippen molar-refractivity contribution < 1.29 is 9.63 Å². The topological polar surface area (TPSA) is 68.5 Å². The zero-order valence-electron chi connectivity index (χ0n) is 14.0. The molecule has 0 unspecified atom stereocenters. The largest absolute Gasteiger partial charge is 0.382 e. The van der Waals surface area contributed by atoms with Gasteiger partial charge >= 0.3 is 0 Å². The Bertz CT molecular complexity index is 776. The zero-order chi connectivity index (χ0) is 16.6. The van der Waals surface area contributed by atoms with Crippen LogP contribution in [0.5, 0.6) is 0 Å². The zero-order valence-corrected chi connectivity index (χ0v) is 14.0. The van der Waals surface area contributed by atoms with Gasteiger partial charge in [0, 0.05) is 18.9 Å². The van der Waals surface area contributed by atoms with Gasteiger partial charge in [-0.1, -0.05) is 30.6 Å². The molecule has 0 saturated carbocycles. The van der Waals surface area contributed by atoms with Crippen LogP contribution in [0, 0.1) is 12.8 Å². The number of amides is 1. The number of oxime groups is 1. The van der Waals surface area contributed by atoms with E-state index in [4.69, 9.17) is 4.84 Å². The summed E-state index contributed by atoms with van der Waals surface area (Å²) in [4.78, 5) is 17.5. The molecule has 0 aliphatic carbocycles. The van der Waals surface area contributed by atoms with E-state index in [9.17, 15) is 4.79 Å². The van der Waals surface area contributed by atoms with E-state index in [0.717, 1.165) is 22.3 Å². The van der Waals surface area contributed by atoms with Crippen LogP contribution in [0.1, 0.15) is 31.5 Å². The van der Waals surface area contributed by atoms with Gasteiger partial charge in [0.1, 0.15) is 0 Å². The summed E-state index contributed by atoms with van der Waals surface area (Å²) in [7, 11) is 1.91. The highest BCUT2D eigenvalue weighted by molar-refractivity contribution is 5.94. The number of fused-ring (bicyclic) bond motifs is 1. The van der Waals surface area contributed by atoms with E-state index in [0.29, 0.717) is 18.9 Å². The maximum absolute atomic E-state index is 12.3.